The van der Waals surface area contributed by atoms with Gasteiger partial charge in [-0.05, 0) is 18.9 Å². The second-order valence-corrected chi connectivity index (χ2v) is 7.53. The van der Waals surface area contributed by atoms with Gasteiger partial charge in [0.15, 0.2) is 5.13 Å². The van der Waals surface area contributed by atoms with Crippen LogP contribution in [-0.4, -0.2) is 16.0 Å². The summed E-state index contributed by atoms with van der Waals surface area (Å²) in [6.45, 7) is 0.357. The van der Waals surface area contributed by atoms with Gasteiger partial charge in [-0.25, -0.2) is 9.97 Å². The maximum absolute atomic E-state index is 12.9. The molecule has 9 heteroatoms. The molecule has 0 unspecified atom stereocenters. The maximum atomic E-state index is 12.9. The van der Waals surface area contributed by atoms with E-state index in [1.165, 1.54) is 30.6 Å². The van der Waals surface area contributed by atoms with Crippen LogP contribution >= 0.6 is 22.9 Å². The molecule has 0 amide bonds. The molecule has 3 rings (SSSR count). The summed E-state index contributed by atoms with van der Waals surface area (Å²) < 4.78 is 38.6. The first-order chi connectivity index (χ1) is 11.9. The minimum absolute atomic E-state index is 0.131. The smallest absolute Gasteiger partial charge is 0.365 e. The highest BCUT2D eigenvalue weighted by atomic mass is 35.5. The minimum Gasteiger partial charge on any atom is -0.365 e. The van der Waals surface area contributed by atoms with Crippen molar-refractivity contribution in [2.24, 2.45) is 0 Å². The third-order valence-electron chi connectivity index (χ3n) is 4.09. The molecule has 0 spiro atoms. The predicted molar refractivity (Wildman–Crippen MR) is 94.2 cm³/mol. The van der Waals surface area contributed by atoms with Gasteiger partial charge in [0, 0.05) is 23.3 Å². The molecule has 1 aliphatic rings. The van der Waals surface area contributed by atoms with Crippen molar-refractivity contribution in [1.29, 1.82) is 0 Å². The lowest BCUT2D eigenvalue weighted by molar-refractivity contribution is -0.137. The van der Waals surface area contributed by atoms with E-state index in [1.807, 2.05) is 0 Å². The molecule has 136 valence electrons. The Kier molecular flexibility index (Phi) is 5.68. The van der Waals surface area contributed by atoms with E-state index in [9.17, 15) is 13.2 Å². The quantitative estimate of drug-likeness (QED) is 0.701. The van der Waals surface area contributed by atoms with Gasteiger partial charge < -0.3 is 10.6 Å². The van der Waals surface area contributed by atoms with Gasteiger partial charge in [0.2, 0.25) is 0 Å². The molecular formula is C16H18ClF3N4S. The average Bonchev–Trinajstić information content (AvgIpc) is 3.01. The van der Waals surface area contributed by atoms with Crippen molar-refractivity contribution in [3.63, 3.8) is 0 Å². The molecule has 2 aromatic heterocycles. The van der Waals surface area contributed by atoms with E-state index in [0.29, 0.717) is 12.6 Å². The number of aromatic nitrogens is 2. The molecule has 2 heterocycles. The number of thiazole rings is 1. The van der Waals surface area contributed by atoms with Gasteiger partial charge in [0.25, 0.3) is 0 Å². The molecule has 0 atom stereocenters. The van der Waals surface area contributed by atoms with Crippen molar-refractivity contribution in [3.8, 4) is 0 Å². The fraction of sp³-hybridized carbons (Fsp3) is 0.500. The molecule has 1 aliphatic carbocycles. The Morgan fingerprint density at radius 2 is 1.92 bits per heavy atom. The summed E-state index contributed by atoms with van der Waals surface area (Å²) in [5.41, 5.74) is -0.893. The van der Waals surface area contributed by atoms with Crippen LogP contribution in [0.5, 0.6) is 0 Å². The van der Waals surface area contributed by atoms with Crippen LogP contribution in [0.4, 0.5) is 24.1 Å². The lowest BCUT2D eigenvalue weighted by Crippen LogP contribution is -2.21. The molecule has 0 aromatic carbocycles. The highest BCUT2D eigenvalue weighted by Gasteiger charge is 2.33. The zero-order valence-corrected chi connectivity index (χ0v) is 14.9. The van der Waals surface area contributed by atoms with Crippen molar-refractivity contribution < 1.29 is 13.2 Å². The normalized spacial score (nSPS) is 16.0. The number of nitrogens with zero attached hydrogens (tertiary/aromatic N) is 2. The summed E-state index contributed by atoms with van der Waals surface area (Å²) in [6.07, 6.45) is 4.31. The molecule has 1 fully saturated rings. The molecule has 0 aliphatic heterocycles. The van der Waals surface area contributed by atoms with Gasteiger partial charge in [-0.2, -0.15) is 13.2 Å². The van der Waals surface area contributed by atoms with Crippen LogP contribution in [0.2, 0.25) is 5.02 Å². The number of anilines is 2. The van der Waals surface area contributed by atoms with E-state index in [1.54, 1.807) is 6.20 Å². The molecule has 0 bridgehead atoms. The van der Waals surface area contributed by atoms with Crippen LogP contribution in [0.1, 0.15) is 42.5 Å². The van der Waals surface area contributed by atoms with Crippen molar-refractivity contribution in [2.45, 2.75) is 50.9 Å². The van der Waals surface area contributed by atoms with E-state index in [-0.39, 0.29) is 5.82 Å². The molecule has 2 aromatic rings. The Labute approximate surface area is 152 Å². The number of hydrogen-bond donors (Lipinski definition) is 2. The first kappa shape index (κ1) is 18.3. The Balaban J connectivity index is 1.59. The molecule has 1 saturated carbocycles. The average molecular weight is 391 g/mol. The molecule has 4 nitrogen and oxygen atoms in total. The van der Waals surface area contributed by atoms with E-state index in [2.05, 4.69) is 20.6 Å². The lowest BCUT2D eigenvalue weighted by atomic mass is 9.96. The molecular weight excluding hydrogens is 373 g/mol. The number of alkyl halides is 3. The standard InChI is InChI=1S/C16H18ClF3N4S/c17-13-9-22-14(6-12(13)16(18,19)20)21-7-11-8-23-15(25-11)24-10-4-2-1-3-5-10/h6,8-10H,1-5,7H2,(H,21,22)(H,23,24). The van der Waals surface area contributed by atoms with E-state index < -0.39 is 16.8 Å². The van der Waals surface area contributed by atoms with Crippen LogP contribution < -0.4 is 10.6 Å². The number of hydrogen-bond acceptors (Lipinski definition) is 5. The Morgan fingerprint density at radius 3 is 2.64 bits per heavy atom. The zero-order chi connectivity index (χ0) is 17.9. The monoisotopic (exact) mass is 390 g/mol. The summed E-state index contributed by atoms with van der Waals surface area (Å²) in [7, 11) is 0. The first-order valence-electron chi connectivity index (χ1n) is 8.09. The van der Waals surface area contributed by atoms with Crippen molar-refractivity contribution in [1.82, 2.24) is 9.97 Å². The number of rotatable bonds is 5. The van der Waals surface area contributed by atoms with Crippen LogP contribution in [0.25, 0.3) is 0 Å². The van der Waals surface area contributed by atoms with Gasteiger partial charge in [0.05, 0.1) is 17.1 Å². The lowest BCUT2D eigenvalue weighted by Gasteiger charge is -2.22. The minimum atomic E-state index is -4.50. The third-order valence-corrected chi connectivity index (χ3v) is 5.32. The number of halogens is 4. The van der Waals surface area contributed by atoms with Crippen molar-refractivity contribution in [2.75, 3.05) is 10.6 Å². The third kappa shape index (κ3) is 4.98. The fourth-order valence-corrected chi connectivity index (χ4v) is 3.85. The highest BCUT2D eigenvalue weighted by molar-refractivity contribution is 7.15. The number of nitrogens with one attached hydrogen (secondary N) is 2. The van der Waals surface area contributed by atoms with E-state index in [0.717, 1.165) is 35.1 Å². The van der Waals surface area contributed by atoms with Gasteiger partial charge in [0.1, 0.15) is 5.82 Å². The first-order valence-corrected chi connectivity index (χ1v) is 9.29. The summed E-state index contributed by atoms with van der Waals surface area (Å²) in [6, 6.07) is 1.39. The Hall–Kier alpha value is -1.54. The van der Waals surface area contributed by atoms with E-state index >= 15 is 0 Å². The van der Waals surface area contributed by atoms with E-state index in [4.69, 9.17) is 11.6 Å². The summed E-state index contributed by atoms with van der Waals surface area (Å²) in [4.78, 5) is 9.15. The van der Waals surface area contributed by atoms with Gasteiger partial charge in [-0.15, -0.1) is 11.3 Å². The van der Waals surface area contributed by atoms with Crippen molar-refractivity contribution >= 4 is 33.9 Å². The fourth-order valence-electron chi connectivity index (χ4n) is 2.81. The Bertz CT molecular complexity index is 714. The van der Waals surface area contributed by atoms with Crippen LogP contribution in [0, 0.1) is 0 Å². The second kappa shape index (κ2) is 7.78. The summed E-state index contributed by atoms with van der Waals surface area (Å²) in [5, 5.41) is 6.77. The summed E-state index contributed by atoms with van der Waals surface area (Å²) >= 11 is 7.07. The van der Waals surface area contributed by atoms with Crippen LogP contribution in [0.3, 0.4) is 0 Å². The van der Waals surface area contributed by atoms with Gasteiger partial charge in [-0.1, -0.05) is 30.9 Å². The topological polar surface area (TPSA) is 49.8 Å². The maximum Gasteiger partial charge on any atom is 0.418 e. The molecule has 0 radical (unpaired) electrons. The van der Waals surface area contributed by atoms with Gasteiger partial charge in [-0.3, -0.25) is 0 Å². The number of pyridine rings is 1. The SMILES string of the molecule is FC(F)(F)c1cc(NCc2cnc(NC3CCCCC3)s2)ncc1Cl. The van der Waals surface area contributed by atoms with Crippen molar-refractivity contribution in [3.05, 3.63) is 33.9 Å². The molecule has 25 heavy (non-hydrogen) atoms. The highest BCUT2D eigenvalue weighted by Crippen LogP contribution is 2.35. The van der Waals surface area contributed by atoms with Crippen LogP contribution in [-0.2, 0) is 12.7 Å². The molecule has 0 saturated heterocycles. The van der Waals surface area contributed by atoms with Gasteiger partial charge >= 0.3 is 6.18 Å². The zero-order valence-electron chi connectivity index (χ0n) is 13.4. The van der Waals surface area contributed by atoms with Crippen LogP contribution in [0.15, 0.2) is 18.5 Å². The largest absolute Gasteiger partial charge is 0.418 e. The summed E-state index contributed by atoms with van der Waals surface area (Å²) in [5.74, 6) is 0.131. The second-order valence-electron chi connectivity index (χ2n) is 6.01. The predicted octanol–water partition coefficient (Wildman–Crippen LogP) is 5.57. The molecule has 2 N–H and O–H groups in total. The Morgan fingerprint density at radius 1 is 1.16 bits per heavy atom.